The first-order chi connectivity index (χ1) is 9.37. The number of aromatic nitrogens is 1. The molecule has 2 N–H and O–H groups in total. The minimum absolute atomic E-state index is 0.0817. The van der Waals surface area contributed by atoms with E-state index in [1.165, 1.54) is 11.5 Å². The van der Waals surface area contributed by atoms with Crippen LogP contribution in [0.3, 0.4) is 0 Å². The van der Waals surface area contributed by atoms with Gasteiger partial charge in [-0.3, -0.25) is 4.79 Å². The zero-order valence-corrected chi connectivity index (χ0v) is 13.0. The summed E-state index contributed by atoms with van der Waals surface area (Å²) in [5, 5.41) is 7.26. The first kappa shape index (κ1) is 16.4. The number of rotatable bonds is 6. The van der Waals surface area contributed by atoms with Crippen LogP contribution in [0.15, 0.2) is 11.6 Å². The van der Waals surface area contributed by atoms with Gasteiger partial charge in [0.1, 0.15) is 0 Å². The van der Waals surface area contributed by atoms with Crippen LogP contribution in [0.5, 0.6) is 0 Å². The monoisotopic (exact) mass is 299 g/mol. The maximum absolute atomic E-state index is 12.0. The molecule has 0 spiro atoms. The number of carbonyl (C=O) groups excluding carboxylic acids is 2. The molecule has 0 saturated carbocycles. The Kier molecular flexibility index (Phi) is 5.94. The number of hydrogen-bond acceptors (Lipinski definition) is 5. The lowest BCUT2D eigenvalue weighted by Crippen LogP contribution is -2.52. The number of nitrogens with zero attached hydrogens (tertiary/aromatic N) is 1. The van der Waals surface area contributed by atoms with Gasteiger partial charge in [-0.25, -0.2) is 4.79 Å². The summed E-state index contributed by atoms with van der Waals surface area (Å²) in [6.45, 7) is 7.82. The second kappa shape index (κ2) is 7.23. The van der Waals surface area contributed by atoms with E-state index in [-0.39, 0.29) is 24.3 Å². The molecule has 1 aromatic heterocycles. The van der Waals surface area contributed by atoms with Crippen molar-refractivity contribution in [1.82, 2.24) is 9.69 Å². The van der Waals surface area contributed by atoms with Gasteiger partial charge in [0.2, 0.25) is 0 Å². The molecule has 1 aromatic rings. The molecule has 6 nitrogen and oxygen atoms in total. The third-order valence-corrected chi connectivity index (χ3v) is 3.77. The van der Waals surface area contributed by atoms with Gasteiger partial charge in [-0.1, -0.05) is 13.8 Å². The van der Waals surface area contributed by atoms with Crippen molar-refractivity contribution >= 4 is 29.2 Å². The molecule has 0 aliphatic heterocycles. The van der Waals surface area contributed by atoms with E-state index >= 15 is 0 Å². The largest absolute Gasteiger partial charge is 0.466 e. The predicted octanol–water partition coefficient (Wildman–Crippen LogP) is 2.63. The molecule has 20 heavy (non-hydrogen) atoms. The van der Waals surface area contributed by atoms with Crippen LogP contribution in [0.4, 0.5) is 10.5 Å². The molecule has 1 unspecified atom stereocenters. The Hall–Kier alpha value is -1.63. The Labute approximate surface area is 123 Å². The first-order valence-corrected chi connectivity index (χ1v) is 7.35. The highest BCUT2D eigenvalue weighted by atomic mass is 32.1. The van der Waals surface area contributed by atoms with E-state index in [1.54, 1.807) is 18.5 Å². The molecule has 1 heterocycles. The molecule has 0 aliphatic carbocycles. The number of ether oxygens (including phenoxy) is 1. The highest BCUT2D eigenvalue weighted by molar-refractivity contribution is 7.04. The third-order valence-electron chi connectivity index (χ3n) is 3.18. The van der Waals surface area contributed by atoms with Gasteiger partial charge in [0.05, 0.1) is 30.5 Å². The standard InChI is InChI=1S/C13H21N3O3S/c1-5-19-11(17)6-13(4,9(2)3)16-12(18)15-10-7-14-20-8-10/h7-9H,5-6H2,1-4H3,(H2,15,16,18). The van der Waals surface area contributed by atoms with E-state index in [0.717, 1.165) is 0 Å². The number of hydrogen-bond donors (Lipinski definition) is 2. The molecule has 112 valence electrons. The summed E-state index contributed by atoms with van der Waals surface area (Å²) in [5.41, 5.74) is -0.0329. The fourth-order valence-corrected chi connectivity index (χ4v) is 2.06. The fraction of sp³-hybridized carbons (Fsp3) is 0.615. The van der Waals surface area contributed by atoms with Crippen molar-refractivity contribution in [2.24, 2.45) is 5.92 Å². The normalized spacial score (nSPS) is 13.7. The van der Waals surface area contributed by atoms with Crippen molar-refractivity contribution in [2.45, 2.75) is 39.7 Å². The number of urea groups is 1. The van der Waals surface area contributed by atoms with E-state index < -0.39 is 5.54 Å². The van der Waals surface area contributed by atoms with Gasteiger partial charge in [-0.05, 0) is 31.3 Å². The Balaban J connectivity index is 2.65. The smallest absolute Gasteiger partial charge is 0.319 e. The lowest BCUT2D eigenvalue weighted by atomic mass is 9.85. The molecular weight excluding hydrogens is 278 g/mol. The lowest BCUT2D eigenvalue weighted by Gasteiger charge is -2.33. The second-order valence-corrected chi connectivity index (χ2v) is 5.70. The van der Waals surface area contributed by atoms with Crippen molar-refractivity contribution in [3.8, 4) is 0 Å². The van der Waals surface area contributed by atoms with Crippen molar-refractivity contribution in [1.29, 1.82) is 0 Å². The number of amides is 2. The Morgan fingerprint density at radius 2 is 2.20 bits per heavy atom. The van der Waals surface area contributed by atoms with E-state index in [1.807, 2.05) is 20.8 Å². The second-order valence-electron chi connectivity index (χ2n) is 5.05. The van der Waals surface area contributed by atoms with Crippen LogP contribution >= 0.6 is 11.5 Å². The number of nitrogens with one attached hydrogen (secondary N) is 2. The minimum atomic E-state index is -0.667. The average molecular weight is 299 g/mol. The molecular formula is C13H21N3O3S. The minimum Gasteiger partial charge on any atom is -0.466 e. The molecule has 1 atom stereocenters. The van der Waals surface area contributed by atoms with Gasteiger partial charge >= 0.3 is 12.0 Å². The highest BCUT2D eigenvalue weighted by Crippen LogP contribution is 2.22. The SMILES string of the molecule is CCOC(=O)CC(C)(NC(=O)Nc1cnsc1)C(C)C. The summed E-state index contributed by atoms with van der Waals surface area (Å²) in [6, 6.07) is -0.356. The molecule has 1 rings (SSSR count). The molecule has 0 aliphatic rings. The van der Waals surface area contributed by atoms with Gasteiger partial charge in [0.15, 0.2) is 0 Å². The highest BCUT2D eigenvalue weighted by Gasteiger charge is 2.33. The lowest BCUT2D eigenvalue weighted by molar-refractivity contribution is -0.145. The van der Waals surface area contributed by atoms with Gasteiger partial charge in [-0.15, -0.1) is 0 Å². The first-order valence-electron chi connectivity index (χ1n) is 6.51. The van der Waals surface area contributed by atoms with E-state index in [4.69, 9.17) is 4.74 Å². The van der Waals surface area contributed by atoms with Gasteiger partial charge in [-0.2, -0.15) is 4.37 Å². The maximum atomic E-state index is 12.0. The van der Waals surface area contributed by atoms with Crippen LogP contribution < -0.4 is 10.6 Å². The summed E-state index contributed by atoms with van der Waals surface area (Å²) >= 11 is 1.26. The number of anilines is 1. The van der Waals surface area contributed by atoms with Crippen LogP contribution in [0.1, 0.15) is 34.1 Å². The van der Waals surface area contributed by atoms with Gasteiger partial charge < -0.3 is 15.4 Å². The quantitative estimate of drug-likeness (QED) is 0.791. The van der Waals surface area contributed by atoms with Crippen LogP contribution in [0, 0.1) is 5.92 Å². The van der Waals surface area contributed by atoms with Crippen molar-refractivity contribution in [2.75, 3.05) is 11.9 Å². The van der Waals surface area contributed by atoms with Crippen LogP contribution in [-0.4, -0.2) is 28.5 Å². The summed E-state index contributed by atoms with van der Waals surface area (Å²) in [4.78, 5) is 23.6. The van der Waals surface area contributed by atoms with Crippen molar-refractivity contribution in [3.63, 3.8) is 0 Å². The predicted molar refractivity (Wildman–Crippen MR) is 78.8 cm³/mol. The van der Waals surface area contributed by atoms with E-state index in [9.17, 15) is 9.59 Å². The fourth-order valence-electron chi connectivity index (χ4n) is 1.59. The summed E-state index contributed by atoms with van der Waals surface area (Å²) in [6.07, 6.45) is 1.70. The molecule has 0 saturated heterocycles. The van der Waals surface area contributed by atoms with Crippen molar-refractivity contribution < 1.29 is 14.3 Å². The van der Waals surface area contributed by atoms with Gasteiger partial charge in [0.25, 0.3) is 0 Å². The van der Waals surface area contributed by atoms with E-state index in [2.05, 4.69) is 15.0 Å². The average Bonchev–Trinajstić information content (AvgIpc) is 2.81. The summed E-state index contributed by atoms with van der Waals surface area (Å²) in [7, 11) is 0. The van der Waals surface area contributed by atoms with Gasteiger partial charge in [0, 0.05) is 5.38 Å². The van der Waals surface area contributed by atoms with Crippen LogP contribution in [-0.2, 0) is 9.53 Å². The molecule has 0 fully saturated rings. The van der Waals surface area contributed by atoms with E-state index in [0.29, 0.717) is 12.3 Å². The Morgan fingerprint density at radius 1 is 1.50 bits per heavy atom. The van der Waals surface area contributed by atoms with Crippen molar-refractivity contribution in [3.05, 3.63) is 11.6 Å². The maximum Gasteiger partial charge on any atom is 0.319 e. The molecule has 0 bridgehead atoms. The zero-order valence-electron chi connectivity index (χ0n) is 12.2. The van der Waals surface area contributed by atoms with Crippen LogP contribution in [0.2, 0.25) is 0 Å². The van der Waals surface area contributed by atoms with Crippen LogP contribution in [0.25, 0.3) is 0 Å². The number of esters is 1. The topological polar surface area (TPSA) is 80.3 Å². The molecule has 0 radical (unpaired) electrons. The molecule has 2 amide bonds. The summed E-state index contributed by atoms with van der Waals surface area (Å²) < 4.78 is 8.86. The summed E-state index contributed by atoms with van der Waals surface area (Å²) in [5.74, 6) is -0.237. The zero-order chi connectivity index (χ0) is 15.2. The molecule has 7 heteroatoms. The number of carbonyl (C=O) groups is 2. The Morgan fingerprint density at radius 3 is 2.70 bits per heavy atom. The molecule has 0 aromatic carbocycles. The third kappa shape index (κ3) is 4.80. The Bertz CT molecular complexity index is 448.